The third-order valence-corrected chi connectivity index (χ3v) is 5.08. The summed E-state index contributed by atoms with van der Waals surface area (Å²) in [6.45, 7) is 3.27. The van der Waals surface area contributed by atoms with Crippen LogP contribution in [0.4, 0.5) is 4.39 Å². The largest absolute Gasteiger partial charge is 0.396 e. The standard InChI is InChI=1S/C18H26FNO3/c19-16-4-2-14(3-5-16)15(10-17-22-8-9-23-17)11-18(13-21)6-1-7-20-12-18/h2-5,15,17,20-21H,1,6-13H2. The van der Waals surface area contributed by atoms with Crippen LogP contribution in [-0.4, -0.2) is 44.3 Å². The first-order valence-corrected chi connectivity index (χ1v) is 8.51. The molecule has 23 heavy (non-hydrogen) atoms. The Morgan fingerprint density at radius 1 is 1.26 bits per heavy atom. The molecule has 0 spiro atoms. The van der Waals surface area contributed by atoms with Crippen LogP contribution in [0.25, 0.3) is 0 Å². The number of hydrogen-bond acceptors (Lipinski definition) is 4. The zero-order valence-corrected chi connectivity index (χ0v) is 13.5. The van der Waals surface area contributed by atoms with E-state index in [2.05, 4.69) is 5.32 Å². The Morgan fingerprint density at radius 3 is 2.61 bits per heavy atom. The van der Waals surface area contributed by atoms with Crippen molar-refractivity contribution in [2.75, 3.05) is 32.9 Å². The van der Waals surface area contributed by atoms with E-state index in [0.717, 1.165) is 44.3 Å². The van der Waals surface area contributed by atoms with Crippen LogP contribution in [0.1, 0.15) is 37.2 Å². The minimum Gasteiger partial charge on any atom is -0.396 e. The van der Waals surface area contributed by atoms with Gasteiger partial charge in [-0.1, -0.05) is 12.1 Å². The molecule has 2 saturated heterocycles. The number of benzene rings is 1. The van der Waals surface area contributed by atoms with Gasteiger partial charge in [0.25, 0.3) is 0 Å². The summed E-state index contributed by atoms with van der Waals surface area (Å²) >= 11 is 0. The van der Waals surface area contributed by atoms with Crippen molar-refractivity contribution < 1.29 is 19.0 Å². The molecule has 2 fully saturated rings. The smallest absolute Gasteiger partial charge is 0.158 e. The van der Waals surface area contributed by atoms with Crippen molar-refractivity contribution in [3.63, 3.8) is 0 Å². The molecule has 2 heterocycles. The molecule has 2 N–H and O–H groups in total. The first-order chi connectivity index (χ1) is 11.2. The molecular weight excluding hydrogens is 297 g/mol. The van der Waals surface area contributed by atoms with E-state index in [9.17, 15) is 9.50 Å². The van der Waals surface area contributed by atoms with E-state index in [4.69, 9.17) is 9.47 Å². The van der Waals surface area contributed by atoms with E-state index < -0.39 is 0 Å². The van der Waals surface area contributed by atoms with Gasteiger partial charge in [0.1, 0.15) is 5.82 Å². The van der Waals surface area contributed by atoms with E-state index in [1.54, 1.807) is 0 Å². The fourth-order valence-corrected chi connectivity index (χ4v) is 3.77. The Hall–Kier alpha value is -1.01. The van der Waals surface area contributed by atoms with Gasteiger partial charge in [-0.15, -0.1) is 0 Å². The molecule has 128 valence electrons. The van der Waals surface area contributed by atoms with Gasteiger partial charge in [0, 0.05) is 25.0 Å². The monoisotopic (exact) mass is 323 g/mol. The summed E-state index contributed by atoms with van der Waals surface area (Å²) in [5.74, 6) is -0.0391. The van der Waals surface area contributed by atoms with E-state index in [1.165, 1.54) is 12.1 Å². The normalized spacial score (nSPS) is 27.2. The predicted molar refractivity (Wildman–Crippen MR) is 85.7 cm³/mol. The van der Waals surface area contributed by atoms with E-state index in [-0.39, 0.29) is 30.0 Å². The molecule has 1 aromatic rings. The number of aliphatic hydroxyl groups excluding tert-OH is 1. The minimum absolute atomic E-state index is 0.115. The number of hydrogen-bond donors (Lipinski definition) is 2. The van der Waals surface area contributed by atoms with Crippen LogP contribution < -0.4 is 5.32 Å². The van der Waals surface area contributed by atoms with E-state index in [1.807, 2.05) is 12.1 Å². The maximum absolute atomic E-state index is 13.3. The highest BCUT2D eigenvalue weighted by atomic mass is 19.1. The van der Waals surface area contributed by atoms with E-state index >= 15 is 0 Å². The molecule has 1 aromatic carbocycles. The van der Waals surface area contributed by atoms with Gasteiger partial charge >= 0.3 is 0 Å². The maximum Gasteiger partial charge on any atom is 0.158 e. The Morgan fingerprint density at radius 2 is 2.00 bits per heavy atom. The van der Waals surface area contributed by atoms with Crippen LogP contribution in [0.15, 0.2) is 24.3 Å². The van der Waals surface area contributed by atoms with Crippen LogP contribution in [-0.2, 0) is 9.47 Å². The van der Waals surface area contributed by atoms with Crippen molar-refractivity contribution in [2.45, 2.75) is 37.9 Å². The van der Waals surface area contributed by atoms with E-state index in [0.29, 0.717) is 13.2 Å². The number of rotatable bonds is 6. The highest BCUT2D eigenvalue weighted by molar-refractivity contribution is 5.21. The zero-order chi connectivity index (χ0) is 16.1. The first-order valence-electron chi connectivity index (χ1n) is 8.51. The lowest BCUT2D eigenvalue weighted by Gasteiger charge is -2.39. The zero-order valence-electron chi connectivity index (χ0n) is 13.5. The molecule has 0 aromatic heterocycles. The van der Waals surface area contributed by atoms with Crippen molar-refractivity contribution in [1.82, 2.24) is 5.32 Å². The lowest BCUT2D eigenvalue weighted by molar-refractivity contribution is -0.0555. The third-order valence-electron chi connectivity index (χ3n) is 5.08. The summed E-state index contributed by atoms with van der Waals surface area (Å²) in [6, 6.07) is 6.69. The molecule has 0 aliphatic carbocycles. The van der Waals surface area contributed by atoms with Gasteiger partial charge in [0.05, 0.1) is 13.2 Å². The lowest BCUT2D eigenvalue weighted by atomic mass is 9.72. The average Bonchev–Trinajstić information content (AvgIpc) is 3.09. The van der Waals surface area contributed by atoms with Crippen molar-refractivity contribution >= 4 is 0 Å². The highest BCUT2D eigenvalue weighted by Gasteiger charge is 2.36. The van der Waals surface area contributed by atoms with Crippen molar-refractivity contribution in [1.29, 1.82) is 0 Å². The molecule has 2 atom stereocenters. The van der Waals surface area contributed by atoms with Crippen LogP contribution in [0, 0.1) is 11.2 Å². The highest BCUT2D eigenvalue weighted by Crippen LogP contribution is 2.39. The summed E-state index contributed by atoms with van der Waals surface area (Å²) in [6.07, 6.45) is 3.49. The quantitative estimate of drug-likeness (QED) is 0.844. The van der Waals surface area contributed by atoms with Gasteiger partial charge in [-0.2, -0.15) is 0 Å². The van der Waals surface area contributed by atoms with Gasteiger partial charge in [-0.05, 0) is 49.4 Å². The Bertz CT molecular complexity index is 482. The van der Waals surface area contributed by atoms with Crippen LogP contribution in [0.5, 0.6) is 0 Å². The molecule has 4 nitrogen and oxygen atoms in total. The lowest BCUT2D eigenvalue weighted by Crippen LogP contribution is -2.43. The Balaban J connectivity index is 1.77. The number of nitrogens with one attached hydrogen (secondary N) is 1. The fraction of sp³-hybridized carbons (Fsp3) is 0.667. The van der Waals surface area contributed by atoms with Gasteiger partial charge in [0.15, 0.2) is 6.29 Å². The average molecular weight is 323 g/mol. The van der Waals surface area contributed by atoms with Crippen LogP contribution >= 0.6 is 0 Å². The second-order valence-electron chi connectivity index (χ2n) is 6.80. The second-order valence-corrected chi connectivity index (χ2v) is 6.80. The first kappa shape index (κ1) is 16.8. The fourth-order valence-electron chi connectivity index (χ4n) is 3.77. The van der Waals surface area contributed by atoms with Gasteiger partial charge in [0.2, 0.25) is 0 Å². The molecule has 0 bridgehead atoms. The second kappa shape index (κ2) is 7.71. The summed E-state index contributed by atoms with van der Waals surface area (Å²) in [5, 5.41) is 13.4. The molecule has 0 saturated carbocycles. The molecule has 0 amide bonds. The number of aliphatic hydroxyl groups is 1. The van der Waals surface area contributed by atoms with Crippen molar-refractivity contribution in [3.05, 3.63) is 35.6 Å². The molecule has 5 heteroatoms. The summed E-state index contributed by atoms with van der Waals surface area (Å²) < 4.78 is 24.5. The maximum atomic E-state index is 13.3. The number of ether oxygens (including phenoxy) is 2. The molecule has 2 aliphatic rings. The van der Waals surface area contributed by atoms with Gasteiger partial charge < -0.3 is 19.9 Å². The topological polar surface area (TPSA) is 50.7 Å². The molecule has 2 aliphatic heterocycles. The predicted octanol–water partition coefficient (Wildman–Crippen LogP) is 2.42. The summed E-state index contributed by atoms with van der Waals surface area (Å²) in [7, 11) is 0. The van der Waals surface area contributed by atoms with Gasteiger partial charge in [-0.3, -0.25) is 0 Å². The number of piperidine rings is 1. The molecule has 2 unspecified atom stereocenters. The summed E-state index contributed by atoms with van der Waals surface area (Å²) in [5.41, 5.74) is 0.972. The van der Waals surface area contributed by atoms with Crippen LogP contribution in [0.2, 0.25) is 0 Å². The molecule has 0 radical (unpaired) electrons. The molecule has 3 rings (SSSR count). The SMILES string of the molecule is OCC1(CC(CC2OCCO2)c2ccc(F)cc2)CCCNC1. The summed E-state index contributed by atoms with van der Waals surface area (Å²) in [4.78, 5) is 0. The Kier molecular flexibility index (Phi) is 5.64. The molecular formula is C18H26FNO3. The number of halogens is 1. The third kappa shape index (κ3) is 4.29. The minimum atomic E-state index is -0.225. The van der Waals surface area contributed by atoms with Crippen LogP contribution in [0.3, 0.4) is 0 Å². The Labute approximate surface area is 137 Å². The van der Waals surface area contributed by atoms with Crippen molar-refractivity contribution in [3.8, 4) is 0 Å². The van der Waals surface area contributed by atoms with Gasteiger partial charge in [-0.25, -0.2) is 4.39 Å². The van der Waals surface area contributed by atoms with Crippen molar-refractivity contribution in [2.24, 2.45) is 5.41 Å².